The van der Waals surface area contributed by atoms with Crippen LogP contribution >= 0.6 is 27.3 Å². The highest BCUT2D eigenvalue weighted by atomic mass is 79.9. The second-order valence-electron chi connectivity index (χ2n) is 4.70. The van der Waals surface area contributed by atoms with Gasteiger partial charge in [0.25, 0.3) is 0 Å². The lowest BCUT2D eigenvalue weighted by atomic mass is 10.3. The van der Waals surface area contributed by atoms with Crippen molar-refractivity contribution in [1.82, 2.24) is 19.7 Å². The third kappa shape index (κ3) is 3.24. The van der Waals surface area contributed by atoms with Crippen LogP contribution in [0, 0.1) is 13.8 Å². The number of hydrogen-bond acceptors (Lipinski definition) is 4. The van der Waals surface area contributed by atoms with Crippen LogP contribution in [0.3, 0.4) is 0 Å². The van der Waals surface area contributed by atoms with E-state index in [0.29, 0.717) is 0 Å². The average Bonchev–Trinajstić information content (AvgIpc) is 2.88. The molecule has 0 saturated heterocycles. The van der Waals surface area contributed by atoms with Crippen LogP contribution in [0.15, 0.2) is 9.98 Å². The maximum absolute atomic E-state index is 4.53. The predicted molar refractivity (Wildman–Crippen MR) is 82.4 cm³/mol. The average molecular weight is 343 g/mol. The molecule has 2 heterocycles. The van der Waals surface area contributed by atoms with Gasteiger partial charge >= 0.3 is 0 Å². The Bertz CT molecular complexity index is 561. The number of rotatable bonds is 5. The van der Waals surface area contributed by atoms with Crippen molar-refractivity contribution in [1.29, 1.82) is 0 Å². The molecule has 0 atom stereocenters. The van der Waals surface area contributed by atoms with Gasteiger partial charge in [-0.2, -0.15) is 5.10 Å². The zero-order valence-corrected chi connectivity index (χ0v) is 14.2. The molecule has 2 aromatic heterocycles. The van der Waals surface area contributed by atoms with Gasteiger partial charge in [0.05, 0.1) is 27.1 Å². The first-order valence-corrected chi connectivity index (χ1v) is 7.99. The summed E-state index contributed by atoms with van der Waals surface area (Å²) in [5, 5.41) is 4.53. The first-order chi connectivity index (χ1) is 9.02. The van der Waals surface area contributed by atoms with Crippen molar-refractivity contribution >= 4 is 27.3 Å². The van der Waals surface area contributed by atoms with E-state index in [9.17, 15) is 0 Å². The Kier molecular flexibility index (Phi) is 4.76. The van der Waals surface area contributed by atoms with Crippen LogP contribution in [0.25, 0.3) is 0 Å². The minimum Gasteiger partial charge on any atom is -0.295 e. The summed E-state index contributed by atoms with van der Waals surface area (Å²) < 4.78 is 3.19. The first-order valence-electron chi connectivity index (χ1n) is 6.32. The van der Waals surface area contributed by atoms with Gasteiger partial charge in [-0.05, 0) is 43.7 Å². The second kappa shape index (κ2) is 6.15. The lowest BCUT2D eigenvalue weighted by molar-refractivity contribution is 0.308. The number of aromatic nitrogens is 3. The molecule has 2 rings (SSSR count). The van der Waals surface area contributed by atoms with Gasteiger partial charge in [0.15, 0.2) is 0 Å². The van der Waals surface area contributed by atoms with E-state index in [1.165, 1.54) is 10.6 Å². The fourth-order valence-corrected chi connectivity index (χ4v) is 3.32. The Morgan fingerprint density at radius 1 is 1.32 bits per heavy atom. The number of aryl methyl sites for hydroxylation is 3. The van der Waals surface area contributed by atoms with Crippen molar-refractivity contribution in [3.63, 3.8) is 0 Å². The minimum atomic E-state index is 0.882. The van der Waals surface area contributed by atoms with E-state index in [-0.39, 0.29) is 0 Å². The molecule has 0 amide bonds. The van der Waals surface area contributed by atoms with Gasteiger partial charge in [-0.3, -0.25) is 9.58 Å². The first kappa shape index (κ1) is 14.7. The van der Waals surface area contributed by atoms with Gasteiger partial charge in [0, 0.05) is 24.5 Å². The Hall–Kier alpha value is -0.720. The Morgan fingerprint density at radius 3 is 2.63 bits per heavy atom. The highest BCUT2D eigenvalue weighted by Gasteiger charge is 2.15. The summed E-state index contributed by atoms with van der Waals surface area (Å²) in [6.07, 6.45) is 0. The Morgan fingerprint density at radius 2 is 2.05 bits per heavy atom. The second-order valence-corrected chi connectivity index (χ2v) is 6.43. The van der Waals surface area contributed by atoms with Crippen LogP contribution in [0.4, 0.5) is 0 Å². The highest BCUT2D eigenvalue weighted by molar-refractivity contribution is 9.10. The smallest absolute Gasteiger partial charge is 0.0798 e. The monoisotopic (exact) mass is 342 g/mol. The molecule has 0 fully saturated rings. The third-order valence-corrected chi connectivity index (χ3v) is 5.08. The molecule has 0 bridgehead atoms. The predicted octanol–water partition coefficient (Wildman–Crippen LogP) is 3.37. The highest BCUT2D eigenvalue weighted by Crippen LogP contribution is 2.23. The molecule has 0 spiro atoms. The van der Waals surface area contributed by atoms with E-state index in [1.54, 1.807) is 11.3 Å². The normalized spacial score (nSPS) is 11.5. The number of thiazole rings is 1. The lowest BCUT2D eigenvalue weighted by Gasteiger charge is -2.17. The lowest BCUT2D eigenvalue weighted by Crippen LogP contribution is -2.20. The molecule has 104 valence electrons. The fourth-order valence-electron chi connectivity index (χ4n) is 2.05. The maximum atomic E-state index is 4.53. The van der Waals surface area contributed by atoms with Crippen LogP contribution in [0.1, 0.15) is 28.9 Å². The van der Waals surface area contributed by atoms with Crippen molar-refractivity contribution < 1.29 is 0 Å². The maximum Gasteiger partial charge on any atom is 0.0798 e. The summed E-state index contributed by atoms with van der Waals surface area (Å²) in [6.45, 7) is 8.93. The number of halogens is 1. The summed E-state index contributed by atoms with van der Waals surface area (Å²) in [7, 11) is 2.13. The van der Waals surface area contributed by atoms with Crippen molar-refractivity contribution in [2.75, 3.05) is 7.05 Å². The molecule has 0 N–H and O–H groups in total. The molecule has 0 unspecified atom stereocenters. The Balaban J connectivity index is 2.11. The minimum absolute atomic E-state index is 0.882. The van der Waals surface area contributed by atoms with Gasteiger partial charge in [-0.1, -0.05) is 0 Å². The van der Waals surface area contributed by atoms with Gasteiger partial charge in [0.2, 0.25) is 0 Å². The molecule has 0 saturated carbocycles. The largest absolute Gasteiger partial charge is 0.295 e. The SMILES string of the molecule is CCn1nc(C)c(Br)c1CN(C)Cc1scnc1C. The Labute approximate surface area is 126 Å². The van der Waals surface area contributed by atoms with E-state index < -0.39 is 0 Å². The summed E-state index contributed by atoms with van der Waals surface area (Å²) in [6, 6.07) is 0. The quantitative estimate of drug-likeness (QED) is 0.835. The molecule has 6 heteroatoms. The molecule has 0 aliphatic carbocycles. The van der Waals surface area contributed by atoms with Crippen LogP contribution in [-0.4, -0.2) is 26.7 Å². The summed E-state index contributed by atoms with van der Waals surface area (Å²) in [5.41, 5.74) is 5.34. The molecular weight excluding hydrogens is 324 g/mol. The fraction of sp³-hybridized carbons (Fsp3) is 0.538. The van der Waals surface area contributed by atoms with Crippen LogP contribution in [0.2, 0.25) is 0 Å². The van der Waals surface area contributed by atoms with Crippen molar-refractivity contribution in [2.45, 2.75) is 40.4 Å². The summed E-state index contributed by atoms with van der Waals surface area (Å²) in [4.78, 5) is 7.93. The molecule has 19 heavy (non-hydrogen) atoms. The zero-order valence-electron chi connectivity index (χ0n) is 11.8. The molecule has 2 aromatic rings. The molecule has 0 aliphatic heterocycles. The van der Waals surface area contributed by atoms with Crippen molar-refractivity contribution in [2.24, 2.45) is 0 Å². The van der Waals surface area contributed by atoms with Crippen LogP contribution < -0.4 is 0 Å². The van der Waals surface area contributed by atoms with E-state index in [1.807, 2.05) is 12.4 Å². The van der Waals surface area contributed by atoms with E-state index >= 15 is 0 Å². The van der Waals surface area contributed by atoms with Crippen molar-refractivity contribution in [3.8, 4) is 0 Å². The zero-order chi connectivity index (χ0) is 14.0. The van der Waals surface area contributed by atoms with Gasteiger partial charge in [-0.15, -0.1) is 11.3 Å². The molecule has 4 nitrogen and oxygen atoms in total. The van der Waals surface area contributed by atoms with E-state index in [2.05, 4.69) is 56.5 Å². The van der Waals surface area contributed by atoms with Gasteiger partial charge in [0.1, 0.15) is 0 Å². The van der Waals surface area contributed by atoms with Gasteiger partial charge in [-0.25, -0.2) is 4.98 Å². The van der Waals surface area contributed by atoms with Crippen molar-refractivity contribution in [3.05, 3.63) is 31.9 Å². The molecule has 0 aliphatic rings. The molecule has 0 aromatic carbocycles. The summed E-state index contributed by atoms with van der Waals surface area (Å²) in [5.74, 6) is 0. The number of hydrogen-bond donors (Lipinski definition) is 0. The summed E-state index contributed by atoms with van der Waals surface area (Å²) >= 11 is 5.36. The standard InChI is InChI=1S/C13H19BrN4S/c1-5-18-11(13(14)10(3)16-18)6-17(4)7-12-9(2)15-8-19-12/h8H,5-7H2,1-4H3. The third-order valence-electron chi connectivity index (χ3n) is 3.13. The topological polar surface area (TPSA) is 34.0 Å². The van der Waals surface area contributed by atoms with E-state index in [0.717, 1.165) is 35.5 Å². The molecule has 0 radical (unpaired) electrons. The van der Waals surface area contributed by atoms with Gasteiger partial charge < -0.3 is 0 Å². The van der Waals surface area contributed by atoms with Crippen LogP contribution in [0.5, 0.6) is 0 Å². The van der Waals surface area contributed by atoms with E-state index in [4.69, 9.17) is 0 Å². The molecular formula is C13H19BrN4S. The van der Waals surface area contributed by atoms with Crippen LogP contribution in [-0.2, 0) is 19.6 Å². The number of nitrogens with zero attached hydrogens (tertiary/aromatic N) is 4.